The molecule has 1 radical (unpaired) electrons. The Labute approximate surface area is 84.0 Å². The van der Waals surface area contributed by atoms with Gasteiger partial charge in [0.1, 0.15) is 0 Å². The number of carbonyl (C=O) groups excluding carboxylic acids is 3. The van der Waals surface area contributed by atoms with Gasteiger partial charge in [0.15, 0.2) is 0 Å². The second-order valence-electron chi connectivity index (χ2n) is 2.82. The van der Waals surface area contributed by atoms with Crippen molar-refractivity contribution in [3.05, 3.63) is 0 Å². The molecule has 0 spiro atoms. The van der Waals surface area contributed by atoms with E-state index in [0.29, 0.717) is 0 Å². The van der Waals surface area contributed by atoms with Crippen LogP contribution in [0.2, 0.25) is 0 Å². The summed E-state index contributed by atoms with van der Waals surface area (Å²) in [6, 6.07) is 0. The van der Waals surface area contributed by atoms with Gasteiger partial charge in [-0.25, -0.2) is 0 Å². The predicted octanol–water partition coefficient (Wildman–Crippen LogP) is -2.07. The van der Waals surface area contributed by atoms with Crippen LogP contribution in [-0.4, -0.2) is 57.8 Å². The molecule has 0 amide bonds. The number of rotatable bonds is 0. The number of hydrogen-bond donors (Lipinski definition) is 0. The summed E-state index contributed by atoms with van der Waals surface area (Å²) in [5.41, 5.74) is 0. The molecule has 3 aliphatic rings. The Balaban J connectivity index is 2.22. The molecular weight excluding hydrogens is 255 g/mol. The molecule has 0 unspecified atom stereocenters. The van der Waals surface area contributed by atoms with E-state index in [1.807, 2.05) is 0 Å². The first kappa shape index (κ1) is 9.47. The SMILES string of the molecule is O=C1CN2CC(=O)[O][Ge]([O]1)[O]C(=O)C2. The van der Waals surface area contributed by atoms with E-state index in [-0.39, 0.29) is 19.6 Å². The van der Waals surface area contributed by atoms with Gasteiger partial charge in [-0.15, -0.1) is 0 Å². The fourth-order valence-electron chi connectivity index (χ4n) is 1.15. The van der Waals surface area contributed by atoms with Crippen LogP contribution in [0.5, 0.6) is 0 Å². The molecule has 0 N–H and O–H groups in total. The second kappa shape index (κ2) is 3.58. The molecule has 7 nitrogen and oxygen atoms in total. The van der Waals surface area contributed by atoms with E-state index in [9.17, 15) is 14.4 Å². The normalized spacial score (nSPS) is 24.4. The molecule has 3 saturated heterocycles. The summed E-state index contributed by atoms with van der Waals surface area (Å²) in [6.07, 6.45) is 0. The van der Waals surface area contributed by atoms with E-state index in [4.69, 9.17) is 11.3 Å². The van der Waals surface area contributed by atoms with Crippen molar-refractivity contribution in [2.75, 3.05) is 19.6 Å². The van der Waals surface area contributed by atoms with Crippen LogP contribution >= 0.6 is 0 Å². The minimum absolute atomic E-state index is 0.0687. The molecule has 0 saturated carbocycles. The first-order valence-electron chi connectivity index (χ1n) is 3.85. The number of carbonyl (C=O) groups is 3. The predicted molar refractivity (Wildman–Crippen MR) is 40.5 cm³/mol. The Morgan fingerprint density at radius 2 is 1.21 bits per heavy atom. The Hall–Kier alpha value is -1.09. The van der Waals surface area contributed by atoms with Gasteiger partial charge in [-0.1, -0.05) is 0 Å². The quantitative estimate of drug-likeness (QED) is 0.463. The second-order valence-corrected chi connectivity index (χ2v) is 5.15. The van der Waals surface area contributed by atoms with Crippen molar-refractivity contribution >= 4 is 33.3 Å². The third-order valence-corrected chi connectivity index (χ3v) is 4.13. The molecule has 3 heterocycles. The summed E-state index contributed by atoms with van der Waals surface area (Å²) in [7, 11) is 0. The Morgan fingerprint density at radius 3 is 1.57 bits per heavy atom. The van der Waals surface area contributed by atoms with Crippen molar-refractivity contribution in [1.82, 2.24) is 4.90 Å². The number of hydrogen-bond acceptors (Lipinski definition) is 7. The van der Waals surface area contributed by atoms with E-state index in [0.717, 1.165) is 0 Å². The third kappa shape index (κ3) is 2.04. The van der Waals surface area contributed by atoms with Crippen LogP contribution in [0.15, 0.2) is 0 Å². The summed E-state index contributed by atoms with van der Waals surface area (Å²) >= 11 is -3.19. The fourth-order valence-corrected chi connectivity index (χ4v) is 2.99. The van der Waals surface area contributed by atoms with Gasteiger partial charge in [0.05, 0.1) is 0 Å². The van der Waals surface area contributed by atoms with Gasteiger partial charge in [-0.2, -0.15) is 0 Å². The van der Waals surface area contributed by atoms with Gasteiger partial charge in [0.25, 0.3) is 0 Å². The molecule has 3 rings (SSSR count). The molecular formula is C6H6GeNO6. The van der Waals surface area contributed by atoms with Crippen LogP contribution < -0.4 is 0 Å². The molecule has 0 aromatic heterocycles. The van der Waals surface area contributed by atoms with E-state index in [2.05, 4.69) is 0 Å². The maximum absolute atomic E-state index is 11.1. The zero-order chi connectivity index (χ0) is 10.1. The molecule has 14 heavy (non-hydrogen) atoms. The van der Waals surface area contributed by atoms with Crippen LogP contribution in [0, 0.1) is 0 Å². The standard InChI is InChI=1S/C6H6GeNO6/c9-4-1-8-2-5(10)13-7(12-4)14-6(11)3-8/h1-3H2. The fraction of sp³-hybridized carbons (Fsp3) is 0.500. The van der Waals surface area contributed by atoms with Gasteiger partial charge in [0.2, 0.25) is 0 Å². The topological polar surface area (TPSA) is 82.1 Å². The molecule has 0 atom stereocenters. The molecule has 0 aromatic rings. The van der Waals surface area contributed by atoms with Gasteiger partial charge in [-0.3, -0.25) is 0 Å². The zero-order valence-electron chi connectivity index (χ0n) is 7.02. The van der Waals surface area contributed by atoms with Crippen molar-refractivity contribution in [3.8, 4) is 0 Å². The summed E-state index contributed by atoms with van der Waals surface area (Å²) < 4.78 is 14.1. The summed E-state index contributed by atoms with van der Waals surface area (Å²) in [4.78, 5) is 34.5. The van der Waals surface area contributed by atoms with Crippen molar-refractivity contribution in [2.45, 2.75) is 0 Å². The van der Waals surface area contributed by atoms with Crippen LogP contribution in [0.1, 0.15) is 0 Å². The third-order valence-electron chi connectivity index (χ3n) is 1.65. The first-order chi connectivity index (χ1) is 6.63. The van der Waals surface area contributed by atoms with Crippen LogP contribution in [0.4, 0.5) is 0 Å². The molecule has 75 valence electrons. The average molecular weight is 261 g/mol. The van der Waals surface area contributed by atoms with Gasteiger partial charge in [0, 0.05) is 0 Å². The first-order valence-corrected chi connectivity index (χ1v) is 6.42. The molecule has 0 aliphatic carbocycles. The molecule has 8 heteroatoms. The van der Waals surface area contributed by atoms with Crippen LogP contribution in [0.3, 0.4) is 0 Å². The van der Waals surface area contributed by atoms with E-state index < -0.39 is 33.3 Å². The van der Waals surface area contributed by atoms with Gasteiger partial charge < -0.3 is 0 Å². The molecule has 3 fully saturated rings. The van der Waals surface area contributed by atoms with E-state index >= 15 is 0 Å². The van der Waals surface area contributed by atoms with Crippen molar-refractivity contribution < 1.29 is 25.7 Å². The zero-order valence-corrected chi connectivity index (χ0v) is 9.12. The Kier molecular flexibility index (Phi) is 2.42. The summed E-state index contributed by atoms with van der Waals surface area (Å²) in [6.45, 7) is -0.206. The Bertz CT molecular complexity index is 233. The minimum atomic E-state index is -3.19. The number of nitrogens with zero attached hydrogens (tertiary/aromatic N) is 1. The van der Waals surface area contributed by atoms with Crippen molar-refractivity contribution in [3.63, 3.8) is 0 Å². The van der Waals surface area contributed by atoms with Gasteiger partial charge >= 0.3 is 83.5 Å². The van der Waals surface area contributed by atoms with Crippen LogP contribution in [0.25, 0.3) is 0 Å². The van der Waals surface area contributed by atoms with Crippen molar-refractivity contribution in [2.24, 2.45) is 0 Å². The Morgan fingerprint density at radius 1 is 0.857 bits per heavy atom. The average Bonchev–Trinajstić information content (AvgIpc) is 1.96. The number of fused-ring (bicyclic) bond motifs is 6. The molecule has 0 aromatic carbocycles. The monoisotopic (exact) mass is 262 g/mol. The molecule has 2 bridgehead atoms. The van der Waals surface area contributed by atoms with Crippen molar-refractivity contribution in [1.29, 1.82) is 0 Å². The van der Waals surface area contributed by atoms with E-state index in [1.54, 1.807) is 0 Å². The maximum atomic E-state index is 11.1. The van der Waals surface area contributed by atoms with Gasteiger partial charge in [-0.05, 0) is 0 Å². The summed E-state index contributed by atoms with van der Waals surface area (Å²) in [5.74, 6) is -1.54. The molecule has 3 aliphatic heterocycles. The summed E-state index contributed by atoms with van der Waals surface area (Å²) in [5, 5.41) is 0. The van der Waals surface area contributed by atoms with E-state index in [1.165, 1.54) is 4.90 Å². The van der Waals surface area contributed by atoms with Crippen LogP contribution in [-0.2, 0) is 25.7 Å².